The van der Waals surface area contributed by atoms with Crippen molar-refractivity contribution in [1.82, 2.24) is 9.69 Å². The van der Waals surface area contributed by atoms with Gasteiger partial charge < -0.3 is 10.1 Å². The van der Waals surface area contributed by atoms with E-state index in [1.807, 2.05) is 31.4 Å². The van der Waals surface area contributed by atoms with Crippen LogP contribution in [0, 0.1) is 0 Å². The van der Waals surface area contributed by atoms with Crippen molar-refractivity contribution in [3.05, 3.63) is 60.3 Å². The molecular formula is C17H19ClN2OS. The molecule has 3 nitrogen and oxygen atoms in total. The van der Waals surface area contributed by atoms with Gasteiger partial charge in [0.15, 0.2) is 0 Å². The molecule has 1 atom stereocenters. The smallest absolute Gasteiger partial charge is 0.139 e. The van der Waals surface area contributed by atoms with E-state index in [0.717, 1.165) is 28.8 Å². The Morgan fingerprint density at radius 1 is 1.14 bits per heavy atom. The number of rotatable bonds is 6. The number of halogens is 1. The molecule has 3 rings (SSSR count). The number of fused-ring (bicyclic) bond motifs is 1. The lowest BCUT2D eigenvalue weighted by atomic mass is 10.1. The first-order valence-corrected chi connectivity index (χ1v) is 7.85. The van der Waals surface area contributed by atoms with Gasteiger partial charge in [-0.3, -0.25) is 0 Å². The van der Waals surface area contributed by atoms with Gasteiger partial charge in [-0.05, 0) is 36.8 Å². The molecule has 3 aromatic rings. The Balaban J connectivity index is 0.00000176. The zero-order chi connectivity index (χ0) is 14.5. The third kappa shape index (κ3) is 3.77. The molecule has 0 saturated carbocycles. The van der Waals surface area contributed by atoms with E-state index in [4.69, 9.17) is 4.74 Å². The molecule has 1 aromatic heterocycles. The van der Waals surface area contributed by atoms with Crippen molar-refractivity contribution in [3.8, 4) is 5.75 Å². The summed E-state index contributed by atoms with van der Waals surface area (Å²) in [5.41, 5.74) is 1.20. The van der Waals surface area contributed by atoms with Gasteiger partial charge in [0.05, 0.1) is 4.70 Å². The molecule has 1 heterocycles. The fourth-order valence-electron chi connectivity index (χ4n) is 2.35. The minimum Gasteiger partial charge on any atom is -0.484 e. The Bertz CT molecular complexity index is 702. The molecule has 0 fully saturated rings. The van der Waals surface area contributed by atoms with Crippen LogP contribution in [-0.4, -0.2) is 18.0 Å². The van der Waals surface area contributed by atoms with Gasteiger partial charge in [-0.2, -0.15) is 4.37 Å². The second-order valence-electron chi connectivity index (χ2n) is 4.91. The normalized spacial score (nSPS) is 11.9. The van der Waals surface area contributed by atoms with Crippen LogP contribution in [-0.2, 0) is 0 Å². The van der Waals surface area contributed by atoms with Gasteiger partial charge in [-0.15, -0.1) is 12.4 Å². The van der Waals surface area contributed by atoms with E-state index in [1.54, 1.807) is 0 Å². The minimum atomic E-state index is 0. The van der Waals surface area contributed by atoms with E-state index in [1.165, 1.54) is 17.1 Å². The molecule has 1 N–H and O–H groups in total. The number of nitrogens with one attached hydrogen (secondary N) is 1. The summed E-state index contributed by atoms with van der Waals surface area (Å²) >= 11 is 1.48. The van der Waals surface area contributed by atoms with Crippen LogP contribution in [0.1, 0.15) is 18.1 Å². The highest BCUT2D eigenvalue weighted by molar-refractivity contribution is 7.13. The SMILES string of the molecule is CNCCC(Oc1cccc2cnsc12)c1ccccc1.Cl. The monoisotopic (exact) mass is 334 g/mol. The molecule has 0 bridgehead atoms. The van der Waals surface area contributed by atoms with Crippen LogP contribution in [0.3, 0.4) is 0 Å². The summed E-state index contributed by atoms with van der Waals surface area (Å²) in [6, 6.07) is 16.5. The maximum atomic E-state index is 6.30. The first-order valence-electron chi connectivity index (χ1n) is 7.08. The molecule has 0 saturated heterocycles. The number of hydrogen-bond acceptors (Lipinski definition) is 4. The molecule has 1 unspecified atom stereocenters. The molecule has 0 aliphatic carbocycles. The van der Waals surface area contributed by atoms with Gasteiger partial charge in [0, 0.05) is 18.0 Å². The topological polar surface area (TPSA) is 34.1 Å². The Morgan fingerprint density at radius 2 is 1.95 bits per heavy atom. The average molecular weight is 335 g/mol. The van der Waals surface area contributed by atoms with Gasteiger partial charge >= 0.3 is 0 Å². The van der Waals surface area contributed by atoms with Gasteiger partial charge in [0.1, 0.15) is 11.9 Å². The van der Waals surface area contributed by atoms with Crippen LogP contribution in [0.4, 0.5) is 0 Å². The van der Waals surface area contributed by atoms with Crippen molar-refractivity contribution in [3.63, 3.8) is 0 Å². The van der Waals surface area contributed by atoms with E-state index in [0.29, 0.717) is 0 Å². The number of hydrogen-bond donors (Lipinski definition) is 1. The number of ether oxygens (including phenoxy) is 1. The second kappa shape index (κ2) is 8.13. The second-order valence-corrected chi connectivity index (χ2v) is 5.71. The van der Waals surface area contributed by atoms with E-state index in [2.05, 4.69) is 40.0 Å². The zero-order valence-corrected chi connectivity index (χ0v) is 14.0. The van der Waals surface area contributed by atoms with Gasteiger partial charge in [-0.25, -0.2) is 0 Å². The molecular weight excluding hydrogens is 316 g/mol. The zero-order valence-electron chi connectivity index (χ0n) is 12.4. The Hall–Kier alpha value is -1.62. The van der Waals surface area contributed by atoms with Crippen molar-refractivity contribution >= 4 is 34.0 Å². The highest BCUT2D eigenvalue weighted by Gasteiger charge is 2.15. The van der Waals surface area contributed by atoms with E-state index in [-0.39, 0.29) is 18.5 Å². The summed E-state index contributed by atoms with van der Waals surface area (Å²) in [6.07, 6.45) is 2.86. The molecule has 0 amide bonds. The predicted molar refractivity (Wildman–Crippen MR) is 95.2 cm³/mol. The van der Waals surface area contributed by atoms with Crippen LogP contribution in [0.2, 0.25) is 0 Å². The molecule has 0 aliphatic rings. The van der Waals surface area contributed by atoms with Gasteiger partial charge in [-0.1, -0.05) is 42.5 Å². The highest BCUT2D eigenvalue weighted by Crippen LogP contribution is 2.33. The third-order valence-electron chi connectivity index (χ3n) is 3.44. The molecule has 2 aromatic carbocycles. The lowest BCUT2D eigenvalue weighted by molar-refractivity contribution is 0.198. The lowest BCUT2D eigenvalue weighted by Crippen LogP contribution is -2.16. The molecule has 22 heavy (non-hydrogen) atoms. The first-order chi connectivity index (χ1) is 10.4. The Morgan fingerprint density at radius 3 is 2.73 bits per heavy atom. The molecule has 0 radical (unpaired) electrons. The van der Waals surface area contributed by atoms with E-state index < -0.39 is 0 Å². The summed E-state index contributed by atoms with van der Waals surface area (Å²) < 4.78 is 11.7. The van der Waals surface area contributed by atoms with Crippen LogP contribution in [0.15, 0.2) is 54.7 Å². The van der Waals surface area contributed by atoms with Crippen LogP contribution in [0.5, 0.6) is 5.75 Å². The van der Waals surface area contributed by atoms with E-state index in [9.17, 15) is 0 Å². The van der Waals surface area contributed by atoms with Crippen molar-refractivity contribution in [2.24, 2.45) is 0 Å². The molecule has 116 valence electrons. The number of benzene rings is 2. The van der Waals surface area contributed by atoms with Gasteiger partial charge in [0.2, 0.25) is 0 Å². The molecule has 0 aliphatic heterocycles. The molecule has 5 heteroatoms. The van der Waals surface area contributed by atoms with Crippen molar-refractivity contribution < 1.29 is 4.74 Å². The highest BCUT2D eigenvalue weighted by atomic mass is 35.5. The van der Waals surface area contributed by atoms with E-state index >= 15 is 0 Å². The molecule has 0 spiro atoms. The van der Waals surface area contributed by atoms with Crippen LogP contribution >= 0.6 is 23.9 Å². The quantitative estimate of drug-likeness (QED) is 0.723. The van der Waals surface area contributed by atoms with Crippen molar-refractivity contribution in [1.29, 1.82) is 0 Å². The predicted octanol–water partition coefficient (Wildman–Crippen LogP) is 4.45. The Kier molecular flexibility index (Phi) is 6.19. The van der Waals surface area contributed by atoms with Crippen LogP contribution in [0.25, 0.3) is 10.1 Å². The largest absolute Gasteiger partial charge is 0.484 e. The summed E-state index contributed by atoms with van der Waals surface area (Å²) in [6.45, 7) is 0.915. The van der Waals surface area contributed by atoms with Crippen molar-refractivity contribution in [2.75, 3.05) is 13.6 Å². The summed E-state index contributed by atoms with van der Waals surface area (Å²) in [5.74, 6) is 0.917. The average Bonchev–Trinajstić information content (AvgIpc) is 3.01. The fraction of sp³-hybridized carbons (Fsp3) is 0.235. The maximum absolute atomic E-state index is 6.30. The number of aromatic nitrogens is 1. The lowest BCUT2D eigenvalue weighted by Gasteiger charge is -2.20. The van der Waals surface area contributed by atoms with Gasteiger partial charge in [0.25, 0.3) is 0 Å². The van der Waals surface area contributed by atoms with Crippen molar-refractivity contribution in [2.45, 2.75) is 12.5 Å². The number of nitrogens with zero attached hydrogens (tertiary/aromatic N) is 1. The van der Waals surface area contributed by atoms with Crippen LogP contribution < -0.4 is 10.1 Å². The summed E-state index contributed by atoms with van der Waals surface area (Å²) in [5, 5.41) is 4.33. The fourth-order valence-corrected chi connectivity index (χ4v) is 3.05. The standard InChI is InChI=1S/C17H18N2OS.ClH/c1-18-11-10-15(13-6-3-2-4-7-13)20-16-9-5-8-14-12-19-21-17(14)16;/h2-9,12,15,18H,10-11H2,1H3;1H. The first kappa shape index (κ1) is 16.7. The third-order valence-corrected chi connectivity index (χ3v) is 4.27. The maximum Gasteiger partial charge on any atom is 0.139 e. The Labute approximate surface area is 140 Å². The summed E-state index contributed by atoms with van der Waals surface area (Å²) in [4.78, 5) is 0. The summed E-state index contributed by atoms with van der Waals surface area (Å²) in [7, 11) is 1.96. The minimum absolute atomic E-state index is 0.